The number of rotatable bonds is 4. The first kappa shape index (κ1) is 17.5. The van der Waals surface area contributed by atoms with Crippen LogP contribution in [0.1, 0.15) is 11.1 Å². The first-order chi connectivity index (χ1) is 12.0. The monoisotopic (exact) mass is 385 g/mol. The number of fused-ring (bicyclic) bond motifs is 1. The molecule has 2 N–H and O–H groups in total. The van der Waals surface area contributed by atoms with E-state index in [0.717, 1.165) is 22.0 Å². The highest BCUT2D eigenvalue weighted by molar-refractivity contribution is 7.80. The molecule has 0 atom stereocenters. The third-order valence-corrected chi connectivity index (χ3v) is 4.67. The van der Waals surface area contributed by atoms with Gasteiger partial charge in [0.15, 0.2) is 0 Å². The van der Waals surface area contributed by atoms with Crippen LogP contribution in [0, 0.1) is 11.3 Å². The molecular weight excluding hydrogens is 373 g/mol. The van der Waals surface area contributed by atoms with Crippen LogP contribution in [0.4, 0.5) is 0 Å². The maximum Gasteiger partial charge on any atom is 0.114 e. The summed E-state index contributed by atoms with van der Waals surface area (Å²) < 4.78 is 2.07. The molecule has 3 rings (SSSR count). The molecule has 2 aromatic carbocycles. The van der Waals surface area contributed by atoms with E-state index >= 15 is 0 Å². The first-order valence-corrected chi connectivity index (χ1v) is 8.59. The van der Waals surface area contributed by atoms with E-state index in [2.05, 4.69) is 4.57 Å². The number of nitrogens with two attached hydrogens (primary N) is 1. The molecule has 0 aliphatic rings. The van der Waals surface area contributed by atoms with Crippen LogP contribution in [-0.4, -0.2) is 9.56 Å². The number of thiocarbonyl (C=S) groups is 1. The Morgan fingerprint density at radius 3 is 2.68 bits per heavy atom. The van der Waals surface area contributed by atoms with Crippen LogP contribution in [-0.2, 0) is 6.54 Å². The molecule has 0 saturated carbocycles. The standard InChI is InChI=1S/C19H13Cl2N3S/c20-15-6-5-12(17(21)8-15)10-24-11-14(7-13(9-22)19(23)25)16-3-1-2-4-18(16)24/h1-8,11H,10H2,(H2,23,25)/b13-7+. The molecule has 0 bridgehead atoms. The van der Waals surface area contributed by atoms with E-state index in [9.17, 15) is 5.26 Å². The molecule has 0 saturated heterocycles. The molecule has 3 aromatic rings. The second kappa shape index (κ2) is 7.28. The van der Waals surface area contributed by atoms with Gasteiger partial charge < -0.3 is 10.3 Å². The Labute approximate surface area is 160 Å². The average Bonchev–Trinajstić information content (AvgIpc) is 2.93. The fourth-order valence-electron chi connectivity index (χ4n) is 2.67. The summed E-state index contributed by atoms with van der Waals surface area (Å²) in [5.41, 5.74) is 8.75. The van der Waals surface area contributed by atoms with Gasteiger partial charge in [0.25, 0.3) is 0 Å². The van der Waals surface area contributed by atoms with Crippen LogP contribution < -0.4 is 5.73 Å². The minimum Gasteiger partial charge on any atom is -0.389 e. The van der Waals surface area contributed by atoms with Gasteiger partial charge in [-0.2, -0.15) is 5.26 Å². The SMILES string of the molecule is N#C/C(=C\c1cn(Cc2ccc(Cl)cc2Cl)c2ccccc12)C(N)=S. The number of hydrogen-bond acceptors (Lipinski definition) is 2. The molecule has 0 fully saturated rings. The minimum atomic E-state index is 0.0834. The molecule has 25 heavy (non-hydrogen) atoms. The zero-order chi connectivity index (χ0) is 18.0. The van der Waals surface area contributed by atoms with Crippen molar-refractivity contribution in [3.63, 3.8) is 0 Å². The molecule has 124 valence electrons. The highest BCUT2D eigenvalue weighted by atomic mass is 35.5. The Morgan fingerprint density at radius 1 is 1.24 bits per heavy atom. The fraction of sp³-hybridized carbons (Fsp3) is 0.0526. The third-order valence-electron chi connectivity index (χ3n) is 3.86. The maximum absolute atomic E-state index is 9.21. The average molecular weight is 386 g/mol. The number of halogens is 2. The third kappa shape index (κ3) is 3.69. The Hall–Kier alpha value is -2.32. The Bertz CT molecular complexity index is 1040. The lowest BCUT2D eigenvalue weighted by Gasteiger charge is -2.08. The summed E-state index contributed by atoms with van der Waals surface area (Å²) in [6.45, 7) is 0.583. The van der Waals surface area contributed by atoms with Gasteiger partial charge in [0.2, 0.25) is 0 Å². The van der Waals surface area contributed by atoms with E-state index in [4.69, 9.17) is 41.2 Å². The molecule has 3 nitrogen and oxygen atoms in total. The van der Waals surface area contributed by atoms with E-state index in [1.807, 2.05) is 48.7 Å². The van der Waals surface area contributed by atoms with Crippen molar-refractivity contribution in [3.8, 4) is 6.07 Å². The Morgan fingerprint density at radius 2 is 2.00 bits per heavy atom. The van der Waals surface area contributed by atoms with E-state index in [1.54, 1.807) is 12.1 Å². The Kier molecular flexibility index (Phi) is 5.10. The van der Waals surface area contributed by atoms with Gasteiger partial charge in [-0.25, -0.2) is 0 Å². The van der Waals surface area contributed by atoms with Crippen LogP contribution in [0.15, 0.2) is 54.2 Å². The van der Waals surface area contributed by atoms with Crippen molar-refractivity contribution in [1.29, 1.82) is 5.26 Å². The zero-order valence-electron chi connectivity index (χ0n) is 13.0. The van der Waals surface area contributed by atoms with Gasteiger partial charge in [0, 0.05) is 39.3 Å². The van der Waals surface area contributed by atoms with E-state index in [0.29, 0.717) is 16.6 Å². The van der Waals surface area contributed by atoms with Crippen molar-refractivity contribution in [3.05, 3.63) is 75.4 Å². The number of nitrogens with zero attached hydrogens (tertiary/aromatic N) is 2. The lowest BCUT2D eigenvalue weighted by molar-refractivity contribution is 0.836. The summed E-state index contributed by atoms with van der Waals surface area (Å²) in [6, 6.07) is 15.4. The zero-order valence-corrected chi connectivity index (χ0v) is 15.4. The van der Waals surface area contributed by atoms with Crippen LogP contribution in [0.3, 0.4) is 0 Å². The number of para-hydroxylation sites is 1. The largest absolute Gasteiger partial charge is 0.389 e. The fourth-order valence-corrected chi connectivity index (χ4v) is 3.24. The van der Waals surface area contributed by atoms with Gasteiger partial charge in [-0.3, -0.25) is 0 Å². The van der Waals surface area contributed by atoms with Crippen molar-refractivity contribution < 1.29 is 0 Å². The summed E-state index contributed by atoms with van der Waals surface area (Å²) in [5, 5.41) is 11.4. The van der Waals surface area contributed by atoms with Gasteiger partial charge in [-0.05, 0) is 29.8 Å². The molecule has 0 unspecified atom stereocenters. The molecule has 0 spiro atoms. The van der Waals surface area contributed by atoms with E-state index in [1.165, 1.54) is 0 Å². The molecule has 1 heterocycles. The van der Waals surface area contributed by atoms with Crippen molar-refractivity contribution in [1.82, 2.24) is 4.57 Å². The topological polar surface area (TPSA) is 54.7 Å². The maximum atomic E-state index is 9.21. The Balaban J connectivity index is 2.11. The van der Waals surface area contributed by atoms with Gasteiger partial charge in [-0.1, -0.05) is 59.7 Å². The number of benzene rings is 2. The van der Waals surface area contributed by atoms with Gasteiger partial charge in [-0.15, -0.1) is 0 Å². The molecule has 0 radical (unpaired) electrons. The molecule has 0 aliphatic heterocycles. The van der Waals surface area contributed by atoms with E-state index < -0.39 is 0 Å². The highest BCUT2D eigenvalue weighted by Gasteiger charge is 2.10. The highest BCUT2D eigenvalue weighted by Crippen LogP contribution is 2.27. The van der Waals surface area contributed by atoms with Gasteiger partial charge in [0.1, 0.15) is 11.1 Å². The lowest BCUT2D eigenvalue weighted by Crippen LogP contribution is -2.09. The number of nitriles is 1. The van der Waals surface area contributed by atoms with Crippen LogP contribution in [0.25, 0.3) is 17.0 Å². The van der Waals surface area contributed by atoms with Crippen LogP contribution >= 0.6 is 35.4 Å². The molecule has 0 amide bonds. The summed E-state index contributed by atoms with van der Waals surface area (Å²) in [4.78, 5) is 0.0834. The first-order valence-electron chi connectivity index (χ1n) is 7.43. The second-order valence-corrected chi connectivity index (χ2v) is 6.78. The normalized spacial score (nSPS) is 11.5. The molecular formula is C19H13Cl2N3S. The van der Waals surface area contributed by atoms with E-state index in [-0.39, 0.29) is 10.6 Å². The van der Waals surface area contributed by atoms with Crippen molar-refractivity contribution >= 4 is 57.4 Å². The van der Waals surface area contributed by atoms with Crippen LogP contribution in [0.5, 0.6) is 0 Å². The second-order valence-electron chi connectivity index (χ2n) is 5.50. The minimum absolute atomic E-state index is 0.0834. The summed E-state index contributed by atoms with van der Waals surface area (Å²) in [6.07, 6.45) is 3.68. The predicted octanol–water partition coefficient (Wildman–Crippen LogP) is 5.19. The lowest BCUT2D eigenvalue weighted by atomic mass is 10.1. The van der Waals surface area contributed by atoms with Crippen molar-refractivity contribution in [2.45, 2.75) is 6.54 Å². The van der Waals surface area contributed by atoms with Gasteiger partial charge in [0.05, 0.1) is 5.57 Å². The number of aromatic nitrogens is 1. The molecule has 0 aliphatic carbocycles. The summed E-state index contributed by atoms with van der Waals surface area (Å²) in [5.74, 6) is 0. The molecule has 6 heteroatoms. The smallest absolute Gasteiger partial charge is 0.114 e. The predicted molar refractivity (Wildman–Crippen MR) is 108 cm³/mol. The van der Waals surface area contributed by atoms with Crippen LogP contribution in [0.2, 0.25) is 10.0 Å². The number of hydrogen-bond donors (Lipinski definition) is 1. The summed E-state index contributed by atoms with van der Waals surface area (Å²) >= 11 is 17.2. The van der Waals surface area contributed by atoms with Crippen molar-refractivity contribution in [2.75, 3.05) is 0 Å². The molecule has 1 aromatic heterocycles. The van der Waals surface area contributed by atoms with Crippen molar-refractivity contribution in [2.24, 2.45) is 5.73 Å². The van der Waals surface area contributed by atoms with Gasteiger partial charge >= 0.3 is 0 Å². The quantitative estimate of drug-likeness (QED) is 0.381. The summed E-state index contributed by atoms with van der Waals surface area (Å²) in [7, 11) is 0.